The van der Waals surface area contributed by atoms with Gasteiger partial charge >= 0.3 is 0 Å². The van der Waals surface area contributed by atoms with E-state index in [1.807, 2.05) is 7.05 Å². The van der Waals surface area contributed by atoms with Gasteiger partial charge in [-0.3, -0.25) is 14.9 Å². The summed E-state index contributed by atoms with van der Waals surface area (Å²) < 4.78 is 1.68. The molecule has 10 heteroatoms. The molecule has 0 bridgehead atoms. The van der Waals surface area contributed by atoms with Crippen molar-refractivity contribution in [2.45, 2.75) is 22.9 Å². The fourth-order valence-electron chi connectivity index (χ4n) is 3.23. The number of likely N-dealkylation sites (tertiary alicyclic amines) is 1. The van der Waals surface area contributed by atoms with Crippen molar-refractivity contribution in [3.8, 4) is 0 Å². The second-order valence-electron chi connectivity index (χ2n) is 6.58. The van der Waals surface area contributed by atoms with E-state index in [2.05, 4.69) is 15.5 Å². The van der Waals surface area contributed by atoms with Gasteiger partial charge in [-0.2, -0.15) is 0 Å². The van der Waals surface area contributed by atoms with Gasteiger partial charge in [0.1, 0.15) is 6.33 Å². The van der Waals surface area contributed by atoms with Gasteiger partial charge < -0.3 is 14.8 Å². The van der Waals surface area contributed by atoms with Gasteiger partial charge in [0.15, 0.2) is 5.16 Å². The van der Waals surface area contributed by atoms with E-state index in [-0.39, 0.29) is 11.6 Å². The summed E-state index contributed by atoms with van der Waals surface area (Å²) in [4.78, 5) is 26.2. The Morgan fingerprint density at radius 1 is 1.48 bits per heavy atom. The molecule has 1 unspecified atom stereocenters. The lowest BCUT2D eigenvalue weighted by molar-refractivity contribution is -0.387. The van der Waals surface area contributed by atoms with Crippen molar-refractivity contribution in [1.82, 2.24) is 25.0 Å². The van der Waals surface area contributed by atoms with Gasteiger partial charge in [0.05, 0.1) is 9.82 Å². The number of aryl methyl sites for hydroxylation is 1. The molecule has 3 rings (SSSR count). The third-order valence-corrected chi connectivity index (χ3v) is 5.69. The summed E-state index contributed by atoms with van der Waals surface area (Å²) in [5.41, 5.74) is 0.242. The molecule has 1 aliphatic heterocycles. The molecule has 1 saturated heterocycles. The first-order chi connectivity index (χ1) is 13.0. The number of amides is 1. The highest BCUT2D eigenvalue weighted by molar-refractivity contribution is 7.99. The van der Waals surface area contributed by atoms with E-state index in [0.29, 0.717) is 34.6 Å². The van der Waals surface area contributed by atoms with Gasteiger partial charge in [-0.1, -0.05) is 0 Å². The van der Waals surface area contributed by atoms with Gasteiger partial charge in [-0.05, 0) is 56.2 Å². The second kappa shape index (κ2) is 8.49. The van der Waals surface area contributed by atoms with Crippen LogP contribution < -0.4 is 5.32 Å². The molecular formula is C17H22N6O3S. The van der Waals surface area contributed by atoms with Crippen molar-refractivity contribution in [2.24, 2.45) is 13.0 Å². The Kier molecular flexibility index (Phi) is 6.07. The minimum absolute atomic E-state index is 0.0994. The van der Waals surface area contributed by atoms with E-state index in [1.54, 1.807) is 28.6 Å². The number of nitro groups is 1. The number of nitro benzene ring substituents is 1. The van der Waals surface area contributed by atoms with Crippen molar-refractivity contribution in [2.75, 3.05) is 26.7 Å². The maximum Gasteiger partial charge on any atom is 0.284 e. The summed E-state index contributed by atoms with van der Waals surface area (Å²) in [6.07, 6.45) is 3.56. The summed E-state index contributed by atoms with van der Waals surface area (Å²) in [6, 6.07) is 4.62. The zero-order valence-corrected chi connectivity index (χ0v) is 16.1. The monoisotopic (exact) mass is 390 g/mol. The van der Waals surface area contributed by atoms with Gasteiger partial charge in [0, 0.05) is 31.8 Å². The lowest BCUT2D eigenvalue weighted by atomic mass is 9.97. The Morgan fingerprint density at radius 3 is 2.96 bits per heavy atom. The number of hydrogen-bond acceptors (Lipinski definition) is 7. The van der Waals surface area contributed by atoms with Crippen molar-refractivity contribution < 1.29 is 9.72 Å². The van der Waals surface area contributed by atoms with Gasteiger partial charge in [0.25, 0.3) is 11.6 Å². The highest BCUT2D eigenvalue weighted by Gasteiger charge is 2.26. The minimum atomic E-state index is -0.463. The third kappa shape index (κ3) is 4.45. The van der Waals surface area contributed by atoms with Crippen molar-refractivity contribution in [3.05, 3.63) is 40.2 Å². The van der Waals surface area contributed by atoms with Crippen LogP contribution in [0.4, 0.5) is 5.69 Å². The summed E-state index contributed by atoms with van der Waals surface area (Å²) in [5, 5.41) is 23.0. The molecule has 1 aliphatic rings. The first-order valence-corrected chi connectivity index (χ1v) is 9.55. The molecule has 1 fully saturated rings. The first-order valence-electron chi connectivity index (χ1n) is 8.73. The zero-order chi connectivity index (χ0) is 19.4. The fraction of sp³-hybridized carbons (Fsp3) is 0.471. The number of nitrogens with zero attached hydrogens (tertiary/aromatic N) is 5. The Morgan fingerprint density at radius 2 is 2.30 bits per heavy atom. The van der Waals surface area contributed by atoms with Crippen LogP contribution in [0.5, 0.6) is 0 Å². The van der Waals surface area contributed by atoms with Crippen LogP contribution in [0.15, 0.2) is 34.6 Å². The normalized spacial score (nSPS) is 17.1. The van der Waals surface area contributed by atoms with Gasteiger partial charge in [-0.25, -0.2) is 0 Å². The Labute approximate surface area is 161 Å². The van der Waals surface area contributed by atoms with Crippen LogP contribution in [0.25, 0.3) is 0 Å². The number of rotatable bonds is 6. The van der Waals surface area contributed by atoms with Crippen LogP contribution in [0, 0.1) is 16.0 Å². The highest BCUT2D eigenvalue weighted by atomic mass is 32.2. The lowest BCUT2D eigenvalue weighted by Crippen LogP contribution is -2.42. The SMILES string of the molecule is CNCC1CCCN(C(=O)c2ccc(Sc3nncn3C)c([N+](=O)[O-])c2)C1. The summed E-state index contributed by atoms with van der Waals surface area (Å²) >= 11 is 1.15. The predicted molar refractivity (Wildman–Crippen MR) is 101 cm³/mol. The van der Waals surface area contributed by atoms with Crippen LogP contribution in [0.3, 0.4) is 0 Å². The molecule has 0 saturated carbocycles. The molecule has 1 N–H and O–H groups in total. The second-order valence-corrected chi connectivity index (χ2v) is 7.59. The van der Waals surface area contributed by atoms with E-state index < -0.39 is 4.92 Å². The molecule has 0 radical (unpaired) electrons. The molecule has 144 valence electrons. The molecule has 9 nitrogen and oxygen atoms in total. The van der Waals surface area contributed by atoms with E-state index >= 15 is 0 Å². The van der Waals surface area contributed by atoms with Crippen LogP contribution >= 0.6 is 11.8 Å². The maximum absolute atomic E-state index is 12.9. The maximum atomic E-state index is 12.9. The Hall–Kier alpha value is -2.46. The molecule has 27 heavy (non-hydrogen) atoms. The Balaban J connectivity index is 1.82. The number of hydrogen-bond donors (Lipinski definition) is 1. The van der Waals surface area contributed by atoms with Crippen molar-refractivity contribution >= 4 is 23.4 Å². The average Bonchev–Trinajstić information content (AvgIpc) is 3.06. The number of carbonyl (C=O) groups is 1. The zero-order valence-electron chi connectivity index (χ0n) is 15.3. The van der Waals surface area contributed by atoms with Crippen molar-refractivity contribution in [3.63, 3.8) is 0 Å². The quantitative estimate of drug-likeness (QED) is 0.593. The molecule has 0 aliphatic carbocycles. The van der Waals surface area contributed by atoms with Crippen LogP contribution in [-0.2, 0) is 7.05 Å². The van der Waals surface area contributed by atoms with Gasteiger partial charge in [-0.15, -0.1) is 10.2 Å². The molecule has 1 aromatic heterocycles. The molecule has 2 heterocycles. The summed E-state index contributed by atoms with van der Waals surface area (Å²) in [5.74, 6) is 0.252. The number of carbonyl (C=O) groups excluding carboxylic acids is 1. The highest BCUT2D eigenvalue weighted by Crippen LogP contribution is 2.34. The van der Waals surface area contributed by atoms with Crippen LogP contribution in [-0.4, -0.2) is 57.2 Å². The molecular weight excluding hydrogens is 368 g/mol. The minimum Gasteiger partial charge on any atom is -0.338 e. The van der Waals surface area contributed by atoms with Crippen LogP contribution in [0.1, 0.15) is 23.2 Å². The Bertz CT molecular complexity index is 838. The predicted octanol–water partition coefficient (Wildman–Crippen LogP) is 1.95. The summed E-state index contributed by atoms with van der Waals surface area (Å²) in [7, 11) is 3.67. The topological polar surface area (TPSA) is 106 Å². The van der Waals surface area contributed by atoms with Crippen molar-refractivity contribution in [1.29, 1.82) is 0 Å². The molecule has 1 aromatic carbocycles. The average molecular weight is 390 g/mol. The van der Waals surface area contributed by atoms with E-state index in [0.717, 1.165) is 31.1 Å². The van der Waals surface area contributed by atoms with E-state index in [4.69, 9.17) is 0 Å². The number of nitrogens with one attached hydrogen (secondary N) is 1. The number of piperidine rings is 1. The number of aromatic nitrogens is 3. The fourth-order valence-corrected chi connectivity index (χ4v) is 4.08. The van der Waals surface area contributed by atoms with Gasteiger partial charge in [0.2, 0.25) is 0 Å². The summed E-state index contributed by atoms with van der Waals surface area (Å²) in [6.45, 7) is 2.21. The molecule has 1 amide bonds. The third-order valence-electron chi connectivity index (χ3n) is 4.57. The van der Waals surface area contributed by atoms with E-state index in [1.165, 1.54) is 12.4 Å². The standard InChI is InChI=1S/C17H22N6O3S/c1-18-9-12-4-3-7-22(10-12)16(24)13-5-6-15(14(8-13)23(25)26)27-17-20-19-11-21(17)2/h5-6,8,11-12,18H,3-4,7,9-10H2,1-2H3. The lowest BCUT2D eigenvalue weighted by Gasteiger charge is -2.32. The van der Waals surface area contributed by atoms with E-state index in [9.17, 15) is 14.9 Å². The molecule has 1 atom stereocenters. The number of benzene rings is 1. The largest absolute Gasteiger partial charge is 0.338 e. The smallest absolute Gasteiger partial charge is 0.284 e. The molecule has 2 aromatic rings. The van der Waals surface area contributed by atoms with Crippen LogP contribution in [0.2, 0.25) is 0 Å². The first kappa shape index (κ1) is 19.3. The molecule has 0 spiro atoms.